The van der Waals surface area contributed by atoms with Crippen LogP contribution in [-0.4, -0.2) is 32.6 Å². The van der Waals surface area contributed by atoms with Gasteiger partial charge in [-0.25, -0.2) is 0 Å². The van der Waals surface area contributed by atoms with Crippen LogP contribution in [0.25, 0.3) is 17.1 Å². The molecule has 7 heteroatoms. The molecular formula is C21H22ClN3O2S. The van der Waals surface area contributed by atoms with Crippen LogP contribution >= 0.6 is 23.4 Å². The van der Waals surface area contributed by atoms with Crippen LogP contribution in [0.2, 0.25) is 5.02 Å². The van der Waals surface area contributed by atoms with E-state index in [1.165, 1.54) is 11.8 Å². The molecule has 3 aromatic rings. The van der Waals surface area contributed by atoms with Gasteiger partial charge in [0.15, 0.2) is 11.0 Å². The van der Waals surface area contributed by atoms with E-state index in [2.05, 4.69) is 10.2 Å². The van der Waals surface area contributed by atoms with Gasteiger partial charge in [0, 0.05) is 11.3 Å². The smallest absolute Gasteiger partial charge is 0.319 e. The van der Waals surface area contributed by atoms with E-state index < -0.39 is 0 Å². The van der Waals surface area contributed by atoms with Crippen molar-refractivity contribution in [3.63, 3.8) is 0 Å². The minimum atomic E-state index is -0.337. The number of rotatable bonds is 8. The molecular weight excluding hydrogens is 394 g/mol. The van der Waals surface area contributed by atoms with Crippen LogP contribution in [0.15, 0.2) is 59.8 Å². The van der Waals surface area contributed by atoms with Crippen LogP contribution in [0.4, 0.5) is 0 Å². The second kappa shape index (κ2) is 9.75. The summed E-state index contributed by atoms with van der Waals surface area (Å²) in [6, 6.07) is 17.3. The highest BCUT2D eigenvalue weighted by Gasteiger charge is 2.25. The van der Waals surface area contributed by atoms with E-state index in [9.17, 15) is 4.79 Å². The summed E-state index contributed by atoms with van der Waals surface area (Å²) in [5.74, 6) is 0.412. The molecule has 1 heterocycles. The predicted molar refractivity (Wildman–Crippen MR) is 113 cm³/mol. The van der Waals surface area contributed by atoms with Crippen molar-refractivity contribution in [1.29, 1.82) is 0 Å². The summed E-state index contributed by atoms with van der Waals surface area (Å²) in [5.41, 5.74) is 1.69. The standard InChI is InChI=1S/C21H22ClN3O2S/c1-3-10-18(20(26)27-4-2)28-21-24-23-19(16-13-8-9-14-17(16)22)25(21)15-11-6-5-7-12-15/h5-9,11-14,18H,3-4,10H2,1-2H3/t18-/m1/s1. The lowest BCUT2D eigenvalue weighted by molar-refractivity contribution is -0.142. The molecule has 0 unspecified atom stereocenters. The van der Waals surface area contributed by atoms with Crippen molar-refractivity contribution in [2.45, 2.75) is 37.1 Å². The van der Waals surface area contributed by atoms with Gasteiger partial charge in [0.05, 0.1) is 11.6 Å². The molecule has 0 radical (unpaired) electrons. The van der Waals surface area contributed by atoms with Crippen molar-refractivity contribution in [3.05, 3.63) is 59.6 Å². The number of carbonyl (C=O) groups is 1. The second-order valence-electron chi connectivity index (χ2n) is 6.10. The Hall–Kier alpha value is -2.31. The first-order valence-electron chi connectivity index (χ1n) is 9.24. The SMILES string of the molecule is CCC[C@@H](Sc1nnc(-c2ccccc2Cl)n1-c1ccccc1)C(=O)OCC. The number of hydrogen-bond donors (Lipinski definition) is 0. The fourth-order valence-electron chi connectivity index (χ4n) is 2.82. The summed E-state index contributed by atoms with van der Waals surface area (Å²) in [6.45, 7) is 4.22. The van der Waals surface area contributed by atoms with Gasteiger partial charge in [-0.2, -0.15) is 0 Å². The highest BCUT2D eigenvalue weighted by molar-refractivity contribution is 8.00. The summed E-state index contributed by atoms with van der Waals surface area (Å²) in [6.07, 6.45) is 1.57. The van der Waals surface area contributed by atoms with Crippen LogP contribution in [0.5, 0.6) is 0 Å². The Balaban J connectivity index is 2.07. The summed E-state index contributed by atoms with van der Waals surface area (Å²) in [7, 11) is 0. The number of hydrogen-bond acceptors (Lipinski definition) is 5. The molecule has 0 aliphatic carbocycles. The number of aromatic nitrogens is 3. The molecule has 0 bridgehead atoms. The summed E-state index contributed by atoms with van der Waals surface area (Å²) in [5, 5.41) is 9.67. The molecule has 0 aliphatic rings. The third-order valence-electron chi connectivity index (χ3n) is 4.11. The number of nitrogens with zero attached hydrogens (tertiary/aromatic N) is 3. The third kappa shape index (κ3) is 4.56. The minimum absolute atomic E-state index is 0.226. The van der Waals surface area contributed by atoms with Gasteiger partial charge < -0.3 is 4.74 Å². The number of halogens is 1. The lowest BCUT2D eigenvalue weighted by atomic mass is 10.2. The molecule has 1 atom stereocenters. The third-order valence-corrected chi connectivity index (χ3v) is 5.63. The first-order chi connectivity index (χ1) is 13.7. The number of thioether (sulfide) groups is 1. The highest BCUT2D eigenvalue weighted by Crippen LogP contribution is 2.34. The number of benzene rings is 2. The molecule has 5 nitrogen and oxygen atoms in total. The summed E-state index contributed by atoms with van der Waals surface area (Å²) >= 11 is 7.79. The largest absolute Gasteiger partial charge is 0.465 e. The molecule has 2 aromatic carbocycles. The van der Waals surface area contributed by atoms with E-state index >= 15 is 0 Å². The fourth-order valence-corrected chi connectivity index (χ4v) is 4.20. The van der Waals surface area contributed by atoms with Crippen LogP contribution in [-0.2, 0) is 9.53 Å². The zero-order valence-electron chi connectivity index (χ0n) is 15.8. The van der Waals surface area contributed by atoms with Gasteiger partial charge in [0.2, 0.25) is 0 Å². The summed E-state index contributed by atoms with van der Waals surface area (Å²) in [4.78, 5) is 12.4. The Kier molecular flexibility index (Phi) is 7.12. The van der Waals surface area contributed by atoms with E-state index in [1.807, 2.05) is 73.0 Å². The van der Waals surface area contributed by atoms with Gasteiger partial charge in [-0.1, -0.05) is 67.0 Å². The lowest BCUT2D eigenvalue weighted by Gasteiger charge is -2.15. The normalized spacial score (nSPS) is 12.0. The first kappa shape index (κ1) is 20.4. The quantitative estimate of drug-likeness (QED) is 0.363. The summed E-state index contributed by atoms with van der Waals surface area (Å²) < 4.78 is 7.18. The number of ether oxygens (including phenoxy) is 1. The van der Waals surface area contributed by atoms with Crippen LogP contribution in [0, 0.1) is 0 Å². The minimum Gasteiger partial charge on any atom is -0.465 e. The first-order valence-corrected chi connectivity index (χ1v) is 10.5. The molecule has 3 rings (SSSR count). The number of esters is 1. The average Bonchev–Trinajstić information content (AvgIpc) is 3.12. The number of para-hydroxylation sites is 1. The van der Waals surface area contributed by atoms with Crippen molar-refractivity contribution in [2.24, 2.45) is 0 Å². The molecule has 0 amide bonds. The van der Waals surface area contributed by atoms with E-state index in [4.69, 9.17) is 16.3 Å². The van der Waals surface area contributed by atoms with Crippen molar-refractivity contribution in [2.75, 3.05) is 6.61 Å². The second-order valence-corrected chi connectivity index (χ2v) is 7.68. The molecule has 0 aliphatic heterocycles. The average molecular weight is 416 g/mol. The maximum absolute atomic E-state index is 12.4. The van der Waals surface area contributed by atoms with Crippen molar-refractivity contribution >= 4 is 29.3 Å². The molecule has 0 saturated heterocycles. The van der Waals surface area contributed by atoms with Gasteiger partial charge >= 0.3 is 5.97 Å². The van der Waals surface area contributed by atoms with Crippen molar-refractivity contribution in [1.82, 2.24) is 14.8 Å². The Labute approximate surface area is 174 Å². The Bertz CT molecular complexity index is 930. The number of carbonyl (C=O) groups excluding carboxylic acids is 1. The molecule has 0 N–H and O–H groups in total. The van der Waals surface area contributed by atoms with Gasteiger partial charge in [0.25, 0.3) is 0 Å². The molecule has 0 fully saturated rings. The van der Waals surface area contributed by atoms with Crippen LogP contribution < -0.4 is 0 Å². The van der Waals surface area contributed by atoms with Crippen molar-refractivity contribution < 1.29 is 9.53 Å². The fraction of sp³-hybridized carbons (Fsp3) is 0.286. The molecule has 146 valence electrons. The lowest BCUT2D eigenvalue weighted by Crippen LogP contribution is -2.20. The van der Waals surface area contributed by atoms with Gasteiger partial charge in [0.1, 0.15) is 5.25 Å². The maximum Gasteiger partial charge on any atom is 0.319 e. The maximum atomic E-state index is 12.4. The zero-order chi connectivity index (χ0) is 19.9. The Morgan fingerprint density at radius 2 is 1.82 bits per heavy atom. The van der Waals surface area contributed by atoms with Crippen molar-refractivity contribution in [3.8, 4) is 17.1 Å². The van der Waals surface area contributed by atoms with E-state index in [0.717, 1.165) is 17.7 Å². The Morgan fingerprint density at radius 3 is 2.50 bits per heavy atom. The molecule has 28 heavy (non-hydrogen) atoms. The van der Waals surface area contributed by atoms with E-state index in [-0.39, 0.29) is 11.2 Å². The van der Waals surface area contributed by atoms with E-state index in [0.29, 0.717) is 29.0 Å². The van der Waals surface area contributed by atoms with E-state index in [1.54, 1.807) is 0 Å². The monoisotopic (exact) mass is 415 g/mol. The molecule has 0 spiro atoms. The van der Waals surface area contributed by atoms with Crippen LogP contribution in [0.3, 0.4) is 0 Å². The van der Waals surface area contributed by atoms with Crippen LogP contribution in [0.1, 0.15) is 26.7 Å². The van der Waals surface area contributed by atoms with Gasteiger partial charge in [-0.3, -0.25) is 9.36 Å². The highest BCUT2D eigenvalue weighted by atomic mass is 35.5. The Morgan fingerprint density at radius 1 is 1.11 bits per heavy atom. The topological polar surface area (TPSA) is 57.0 Å². The molecule has 1 aromatic heterocycles. The van der Waals surface area contributed by atoms with Gasteiger partial charge in [-0.15, -0.1) is 10.2 Å². The predicted octanol–water partition coefficient (Wildman–Crippen LogP) is 5.41. The van der Waals surface area contributed by atoms with Gasteiger partial charge in [-0.05, 0) is 37.6 Å². The molecule has 0 saturated carbocycles. The zero-order valence-corrected chi connectivity index (χ0v) is 17.4.